The van der Waals surface area contributed by atoms with Gasteiger partial charge in [0.25, 0.3) is 19.5 Å². The third kappa shape index (κ3) is 11.0. The van der Waals surface area contributed by atoms with Crippen molar-refractivity contribution in [3.8, 4) is 0 Å². The van der Waals surface area contributed by atoms with Crippen molar-refractivity contribution in [1.29, 1.82) is 0 Å². The van der Waals surface area contributed by atoms with Crippen LogP contribution < -0.4 is 14.7 Å². The Labute approximate surface area is 463 Å². The van der Waals surface area contributed by atoms with E-state index in [1.165, 1.54) is 30.7 Å². The predicted molar refractivity (Wildman–Crippen MR) is 264 cm³/mol. The Bertz CT molecular complexity index is 4830. The number of aromatic amines is 3. The molecule has 9 heterocycles. The van der Waals surface area contributed by atoms with Crippen LogP contribution in [0.15, 0.2) is 55.8 Å². The van der Waals surface area contributed by atoms with Gasteiger partial charge in [-0.05, 0) is 55.0 Å². The maximum Gasteiger partial charge on any atom is 0.302 e. The molecule has 3 fully saturated rings. The molecular weight excluding hydrogens is 877 g/mol. The molecule has 21 heteroatoms. The van der Waals surface area contributed by atoms with Gasteiger partial charge in [0.2, 0.25) is 0 Å². The van der Waals surface area contributed by atoms with E-state index in [0.717, 1.165) is 25.0 Å². The van der Waals surface area contributed by atoms with Crippen molar-refractivity contribution in [2.24, 2.45) is 17.7 Å². The second-order valence-corrected chi connectivity index (χ2v) is 13.0. The highest BCUT2D eigenvalue weighted by Gasteiger charge is 2.36. The molecule has 3 N–H and O–H groups in total. The van der Waals surface area contributed by atoms with Gasteiger partial charge in [-0.3, -0.25) is 14.4 Å². The zero-order chi connectivity index (χ0) is 87.8. The molecule has 360 valence electrons. The van der Waals surface area contributed by atoms with E-state index in [2.05, 4.69) is 59.4 Å². The Balaban J connectivity index is 0.000000235. The summed E-state index contributed by atoms with van der Waals surface area (Å²) in [7, 11) is 0. The molecule has 3 aliphatic heterocycles. The molecule has 69 heavy (non-hydrogen) atoms. The van der Waals surface area contributed by atoms with Gasteiger partial charge in [-0.1, -0.05) is 20.6 Å². The molecule has 3 aliphatic rings. The molecule has 3 saturated heterocycles. The minimum Gasteiger partial charge on any atom is -0.354 e. The molecular formula is C48H60N18O3. The van der Waals surface area contributed by atoms with Gasteiger partial charge >= 0.3 is 17.7 Å². The van der Waals surface area contributed by atoms with Gasteiger partial charge in [0, 0.05) is 118 Å². The maximum atomic E-state index is 13.1. The number of hydrogen-bond donors (Lipinski definition) is 3. The number of carbonyl (C=O) groups is 3. The third-order valence-electron chi connectivity index (χ3n) is 8.88. The van der Waals surface area contributed by atoms with Crippen LogP contribution in [0.2, 0.25) is 0 Å². The Morgan fingerprint density at radius 3 is 1.39 bits per heavy atom. The first-order chi connectivity index (χ1) is 50.3. The van der Waals surface area contributed by atoms with E-state index in [1.807, 2.05) is 0 Å². The fourth-order valence-corrected chi connectivity index (χ4v) is 5.78. The standard InChI is InChI=1S/3C16H20N6O/c3*1-11-5-7-22(14(23)8-17-2)9-13(11)21(3)16-12-4-6-18-15(12)19-10-20-16/h3*4,6,10-11,13H,5,7-9H2,1,3H3,(H,18,19,20)/t3*11-,13+/m111/s1/i1D3,3D3,5D2,7D2,8D2,9D2,11D,13D;3D3,5D2,7D2,8D2,9D2,11D,13D;1D3,3D3,5D2,7D2,8D2,9D2,13D. The fourth-order valence-electron chi connectivity index (χ4n) is 5.78. The number of H-pyrrole nitrogens is 3. The summed E-state index contributed by atoms with van der Waals surface area (Å²) in [5.41, 5.74) is -0.101. The number of hydrogen-bond acceptors (Lipinski definition) is 12. The second kappa shape index (κ2) is 22.3. The first-order valence-electron chi connectivity index (χ1n) is 40.7. The Morgan fingerprint density at radius 1 is 0.623 bits per heavy atom. The number of fused-ring (bicyclic) bond motifs is 3. The van der Waals surface area contributed by atoms with Gasteiger partial charge in [-0.2, -0.15) is 0 Å². The average molecular weight is 981 g/mol. The highest BCUT2D eigenvalue weighted by molar-refractivity contribution is 5.89. The summed E-state index contributed by atoms with van der Waals surface area (Å²) >= 11 is 0. The van der Waals surface area contributed by atoms with Crippen LogP contribution in [-0.2, 0) is 14.4 Å². The summed E-state index contributed by atoms with van der Waals surface area (Å²) in [4.78, 5) is 74.5. The lowest BCUT2D eigenvalue weighted by Gasteiger charge is -2.41. The maximum absolute atomic E-state index is 13.1. The van der Waals surface area contributed by atoms with Crippen molar-refractivity contribution in [2.75, 3.05) is 94.1 Å². The van der Waals surface area contributed by atoms with Gasteiger partial charge in [0.1, 0.15) is 61.6 Å². The number of anilines is 3. The number of amides is 3. The minimum atomic E-state index is -4.37. The van der Waals surface area contributed by atoms with E-state index in [4.69, 9.17) is 77.3 Å². The number of nitrogens with zero attached hydrogens (tertiary/aromatic N) is 15. The molecule has 21 nitrogen and oxygen atoms in total. The van der Waals surface area contributed by atoms with Gasteiger partial charge < -0.3 is 58.9 Å². The third-order valence-corrected chi connectivity index (χ3v) is 8.88. The van der Waals surface area contributed by atoms with Crippen LogP contribution in [0.4, 0.5) is 17.5 Å². The fraction of sp³-hybridized carbons (Fsp3) is 0.500. The van der Waals surface area contributed by atoms with Crippen molar-refractivity contribution >= 4 is 68.3 Å². The molecule has 0 unspecified atom stereocenters. The Kier molecular flexibility index (Phi) is 5.78. The molecule has 6 aromatic rings. The number of piperidine rings is 3. The second-order valence-electron chi connectivity index (χ2n) is 13.0. The molecule has 6 atom stereocenters. The highest BCUT2D eigenvalue weighted by Crippen LogP contribution is 2.31. The molecule has 0 spiro atoms. The topological polar surface area (TPSA) is 208 Å². The molecule has 0 aromatic carbocycles. The smallest absolute Gasteiger partial charge is 0.302 e. The van der Waals surface area contributed by atoms with Crippen LogP contribution in [0, 0.1) is 37.4 Å². The lowest BCUT2D eigenvalue weighted by atomic mass is 9.92. The Hall–Kier alpha value is -7.86. The molecule has 0 saturated carbocycles. The first kappa shape index (κ1) is 17.9. The highest BCUT2D eigenvalue weighted by atomic mass is 16.2. The van der Waals surface area contributed by atoms with Crippen LogP contribution in [0.1, 0.15) is 100 Å². The summed E-state index contributed by atoms with van der Waals surface area (Å²) in [5, 5.41) is -0.498. The number of nitrogens with one attached hydrogen (secondary N) is 3. The lowest BCUT2D eigenvalue weighted by molar-refractivity contribution is -0.131. The lowest BCUT2D eigenvalue weighted by Crippen LogP contribution is -2.53. The normalized spacial score (nSPS) is 44.0. The van der Waals surface area contributed by atoms with Crippen LogP contribution in [0.25, 0.3) is 47.6 Å². The summed E-state index contributed by atoms with van der Waals surface area (Å²) < 4.78 is 365. The van der Waals surface area contributed by atoms with E-state index in [9.17, 15) is 17.1 Å². The summed E-state index contributed by atoms with van der Waals surface area (Å²) in [6.45, 7) is -33.0. The number of likely N-dealkylation sites (N-methyl/N-ethyl adjacent to an activating group) is 3. The van der Waals surface area contributed by atoms with E-state index in [1.54, 1.807) is 0 Å². The molecule has 9 rings (SSSR count). The van der Waals surface area contributed by atoms with E-state index >= 15 is 0 Å². The molecule has 6 aromatic heterocycles. The number of likely N-dealkylation sites (tertiary alicyclic amines) is 3. The van der Waals surface area contributed by atoms with Crippen molar-refractivity contribution in [2.45, 2.75) is 57.8 Å². The quantitative estimate of drug-likeness (QED) is 0.169. The van der Waals surface area contributed by atoms with Crippen LogP contribution in [-0.4, -0.2) is 175 Å². The van der Waals surface area contributed by atoms with Gasteiger partial charge in [0.15, 0.2) is 0 Å². The van der Waals surface area contributed by atoms with E-state index in [-0.39, 0.29) is 47.8 Å². The first-order valence-corrected chi connectivity index (χ1v) is 18.7. The molecule has 0 radical (unpaired) electrons. The number of aromatic nitrogens is 9. The van der Waals surface area contributed by atoms with Gasteiger partial charge in [-0.25, -0.2) is 49.6 Å². The molecule has 0 bridgehead atoms. The zero-order valence-corrected chi connectivity index (χ0v) is 34.7. The van der Waals surface area contributed by atoms with Crippen molar-refractivity contribution in [1.82, 2.24) is 59.6 Å². The predicted octanol–water partition coefficient (Wildman–Crippen LogP) is 4.65. The van der Waals surface area contributed by atoms with Crippen LogP contribution >= 0.6 is 0 Å². The minimum absolute atomic E-state index is 0.00832. The zero-order valence-electron chi connectivity index (χ0n) is 78.7. The SMILES string of the molecule is [2H]C([2H])([N+]#[C-])C(=O)N1C([2H])([2H])C([2H])([2H])[C@@H](C([2H])([2H])[2H])[C@@]([2H])(N(c2ncnc3[nH]ccc23)C([2H])([2H])[2H])C1([2H])[2H].[2H]C([2H])([N+]#[C-])C(=O)N1C([2H])([2H])C([2H])([2H])[C@@]([2H])(C([2H])([2H])[2H])[C@@]([2H])(N(c2ncnc3[nH]ccc23)C([2H])([2H])[2H])C1([2H])[2H].[2H]C([2H])([N+]#[C-])C(=O)N1C([2H])([2H])C([2H])([2H])[C@@]([2H])(C)[C@@]([2H])(N(c2ncnc3[nH]ccc23)C([2H])([2H])[2H])C1([2H])[2H]. The van der Waals surface area contributed by atoms with E-state index in [0.29, 0.717) is 6.92 Å². The summed E-state index contributed by atoms with van der Waals surface area (Å²) in [5.74, 6) is -20.0. The summed E-state index contributed by atoms with van der Waals surface area (Å²) in [6.07, 6.45) is -5.72. The van der Waals surface area contributed by atoms with Gasteiger partial charge in [0.05, 0.1) is 46.5 Å². The average Bonchev–Trinajstić information content (AvgIpc) is 1.26. The van der Waals surface area contributed by atoms with Crippen molar-refractivity contribution in [3.05, 3.63) is 90.0 Å². The van der Waals surface area contributed by atoms with Gasteiger partial charge in [-0.15, -0.1) is 0 Å². The monoisotopic (exact) mass is 981 g/mol. The Morgan fingerprint density at radius 2 is 1.00 bits per heavy atom. The molecule has 0 aliphatic carbocycles. The van der Waals surface area contributed by atoms with Crippen molar-refractivity contribution in [3.63, 3.8) is 0 Å². The number of rotatable bonds is 9. The number of carbonyl (C=O) groups excluding carboxylic acids is 3. The van der Waals surface area contributed by atoms with Crippen LogP contribution in [0.5, 0.6) is 0 Å². The summed E-state index contributed by atoms with van der Waals surface area (Å²) in [6, 6.07) is -8.35. The van der Waals surface area contributed by atoms with Crippen molar-refractivity contribution < 1.29 is 74.7 Å². The van der Waals surface area contributed by atoms with E-state index < -0.39 is 198 Å². The largest absolute Gasteiger partial charge is 0.354 e. The van der Waals surface area contributed by atoms with Crippen LogP contribution in [0.3, 0.4) is 0 Å². The molecule has 3 amide bonds.